The van der Waals surface area contributed by atoms with E-state index in [1.807, 2.05) is 0 Å². The SMILES string of the molecule is O=[13C]1CN=C(c2ccccc2F)c2cc(Cl)ccc2N1. The molecule has 2 aromatic rings. The quantitative estimate of drug-likeness (QED) is 0.804. The zero-order valence-corrected chi connectivity index (χ0v) is 11.1. The van der Waals surface area contributed by atoms with Crippen LogP contribution in [0, 0.1) is 5.82 Å². The minimum atomic E-state index is -0.383. The second-order valence-corrected chi connectivity index (χ2v) is 4.82. The van der Waals surface area contributed by atoms with Crippen LogP contribution in [0.4, 0.5) is 10.1 Å². The van der Waals surface area contributed by atoms with Crippen LogP contribution in [0.15, 0.2) is 47.5 Å². The van der Waals surface area contributed by atoms with Crippen molar-refractivity contribution in [2.45, 2.75) is 0 Å². The first-order valence-corrected chi connectivity index (χ1v) is 6.42. The van der Waals surface area contributed by atoms with Crippen LogP contribution in [0.3, 0.4) is 0 Å². The lowest BCUT2D eigenvalue weighted by Crippen LogP contribution is -2.13. The van der Waals surface area contributed by atoms with Gasteiger partial charge in [0.25, 0.3) is 0 Å². The van der Waals surface area contributed by atoms with E-state index in [9.17, 15) is 9.18 Å². The number of benzodiazepines with no additional fused rings is 1. The number of anilines is 1. The molecule has 0 aliphatic carbocycles. The molecule has 1 aliphatic rings. The van der Waals surface area contributed by atoms with Crippen molar-refractivity contribution >= 4 is 28.9 Å². The Labute approximate surface area is 120 Å². The molecule has 0 fully saturated rings. The molecule has 0 aromatic heterocycles. The molecule has 1 aliphatic heterocycles. The lowest BCUT2D eigenvalue weighted by atomic mass is 10.0. The fraction of sp³-hybridized carbons (Fsp3) is 0.0667. The van der Waals surface area contributed by atoms with Gasteiger partial charge in [-0.2, -0.15) is 0 Å². The van der Waals surface area contributed by atoms with E-state index in [4.69, 9.17) is 11.6 Å². The zero-order chi connectivity index (χ0) is 14.1. The standard InChI is InChI=1S/C15H10ClFN2O/c16-9-5-6-13-11(7-9)15(18-8-14(20)19-13)10-3-1-2-4-12(10)17/h1-7H,8H2,(H,19,20)/i14+1. The van der Waals surface area contributed by atoms with Crippen molar-refractivity contribution in [1.29, 1.82) is 0 Å². The van der Waals surface area contributed by atoms with Crippen LogP contribution in [0.1, 0.15) is 11.1 Å². The third kappa shape index (κ3) is 2.30. The normalized spacial score (nSPS) is 14.1. The number of aliphatic imine (C=N–C) groups is 1. The van der Waals surface area contributed by atoms with Crippen LogP contribution in [0.5, 0.6) is 0 Å². The molecule has 1 heterocycles. The van der Waals surface area contributed by atoms with Gasteiger partial charge in [-0.1, -0.05) is 23.7 Å². The van der Waals surface area contributed by atoms with Gasteiger partial charge in [0.05, 0.1) is 11.4 Å². The van der Waals surface area contributed by atoms with Crippen molar-refractivity contribution in [2.75, 3.05) is 11.9 Å². The van der Waals surface area contributed by atoms with Crippen molar-refractivity contribution in [2.24, 2.45) is 4.99 Å². The molecule has 1 N–H and O–H groups in total. The number of halogens is 2. The smallest absolute Gasteiger partial charge is 0.246 e. The van der Waals surface area contributed by atoms with E-state index in [0.717, 1.165) is 0 Å². The Kier molecular flexibility index (Phi) is 3.24. The first kappa shape index (κ1) is 12.8. The minimum absolute atomic E-state index is 0.0457. The number of benzene rings is 2. The van der Waals surface area contributed by atoms with E-state index < -0.39 is 0 Å². The van der Waals surface area contributed by atoms with Crippen LogP contribution in [-0.4, -0.2) is 18.2 Å². The maximum atomic E-state index is 14.0. The topological polar surface area (TPSA) is 41.5 Å². The summed E-state index contributed by atoms with van der Waals surface area (Å²) in [5, 5.41) is 3.24. The molecule has 1 amide bonds. The molecule has 0 spiro atoms. The largest absolute Gasteiger partial charge is 0.324 e. The average molecular weight is 290 g/mol. The lowest BCUT2D eigenvalue weighted by Gasteiger charge is -2.11. The minimum Gasteiger partial charge on any atom is -0.324 e. The maximum absolute atomic E-state index is 14.0. The van der Waals surface area contributed by atoms with Crippen LogP contribution in [0.25, 0.3) is 0 Å². The number of fused-ring (bicyclic) bond motifs is 1. The third-order valence-electron chi connectivity index (χ3n) is 3.02. The molecule has 2 aromatic carbocycles. The van der Waals surface area contributed by atoms with E-state index in [2.05, 4.69) is 10.3 Å². The van der Waals surface area contributed by atoms with Gasteiger partial charge in [0.15, 0.2) is 0 Å². The molecule has 0 saturated heterocycles. The van der Waals surface area contributed by atoms with Gasteiger partial charge in [-0.3, -0.25) is 9.79 Å². The van der Waals surface area contributed by atoms with Crippen LogP contribution in [-0.2, 0) is 4.79 Å². The van der Waals surface area contributed by atoms with Gasteiger partial charge < -0.3 is 5.32 Å². The fourth-order valence-electron chi connectivity index (χ4n) is 2.13. The number of amides is 1. The molecule has 0 saturated carbocycles. The fourth-order valence-corrected chi connectivity index (χ4v) is 2.30. The molecule has 0 atom stereocenters. The number of nitrogens with one attached hydrogen (secondary N) is 1. The highest BCUT2D eigenvalue weighted by Crippen LogP contribution is 2.26. The predicted molar refractivity (Wildman–Crippen MR) is 77.0 cm³/mol. The van der Waals surface area contributed by atoms with E-state index >= 15 is 0 Å². The van der Waals surface area contributed by atoms with Crippen LogP contribution >= 0.6 is 11.6 Å². The van der Waals surface area contributed by atoms with E-state index in [1.54, 1.807) is 36.4 Å². The Balaban J connectivity index is 2.23. The van der Waals surface area contributed by atoms with Gasteiger partial charge in [-0.15, -0.1) is 0 Å². The van der Waals surface area contributed by atoms with Gasteiger partial charge >= 0.3 is 0 Å². The molecule has 100 valence electrons. The third-order valence-corrected chi connectivity index (χ3v) is 3.26. The predicted octanol–water partition coefficient (Wildman–Crippen LogP) is 3.27. The molecular weight excluding hydrogens is 280 g/mol. The monoisotopic (exact) mass is 289 g/mol. The summed E-state index contributed by atoms with van der Waals surface area (Å²) in [5.41, 5.74) is 1.99. The van der Waals surface area contributed by atoms with Crippen molar-refractivity contribution in [3.8, 4) is 0 Å². The second-order valence-electron chi connectivity index (χ2n) is 4.38. The Hall–Kier alpha value is -2.20. The molecular formula is C15H10ClFN2O. The zero-order valence-electron chi connectivity index (χ0n) is 10.4. The molecule has 20 heavy (non-hydrogen) atoms. The second kappa shape index (κ2) is 5.06. The Morgan fingerprint density at radius 1 is 1.15 bits per heavy atom. The Morgan fingerprint density at radius 3 is 2.75 bits per heavy atom. The summed E-state index contributed by atoms with van der Waals surface area (Å²) in [5.74, 6) is -0.619. The van der Waals surface area contributed by atoms with Crippen molar-refractivity contribution in [3.05, 3.63) is 64.4 Å². The molecule has 3 nitrogen and oxygen atoms in total. The first-order valence-electron chi connectivity index (χ1n) is 6.04. The number of hydrogen-bond acceptors (Lipinski definition) is 2. The van der Waals surface area contributed by atoms with Gasteiger partial charge in [-0.05, 0) is 30.3 Å². The molecule has 0 unspecified atom stereocenters. The molecule has 0 bridgehead atoms. The summed E-state index contributed by atoms with van der Waals surface area (Å²) in [6, 6.07) is 11.4. The van der Waals surface area contributed by atoms with Crippen molar-refractivity contribution in [3.63, 3.8) is 0 Å². The number of carbonyl (C=O) groups is 1. The number of hydrogen-bond donors (Lipinski definition) is 1. The number of carbonyl (C=O) groups excluding carboxylic acids is 1. The number of nitrogens with zero attached hydrogens (tertiary/aromatic N) is 1. The summed E-state index contributed by atoms with van der Waals surface area (Å²) >= 11 is 6.00. The summed E-state index contributed by atoms with van der Waals surface area (Å²) in [7, 11) is 0. The van der Waals surface area contributed by atoms with Gasteiger partial charge in [0.1, 0.15) is 12.4 Å². The van der Waals surface area contributed by atoms with Crippen molar-refractivity contribution < 1.29 is 9.18 Å². The lowest BCUT2D eigenvalue weighted by molar-refractivity contribution is -0.114. The summed E-state index contributed by atoms with van der Waals surface area (Å²) in [6.45, 7) is -0.0457. The highest BCUT2D eigenvalue weighted by molar-refractivity contribution is 6.32. The summed E-state index contributed by atoms with van der Waals surface area (Å²) in [4.78, 5) is 15.9. The average Bonchev–Trinajstić information content (AvgIpc) is 2.58. The Morgan fingerprint density at radius 2 is 1.95 bits per heavy atom. The molecule has 0 radical (unpaired) electrons. The van der Waals surface area contributed by atoms with Gasteiger partial charge in [-0.25, -0.2) is 4.39 Å². The van der Waals surface area contributed by atoms with E-state index in [-0.39, 0.29) is 18.3 Å². The highest BCUT2D eigenvalue weighted by Gasteiger charge is 2.20. The van der Waals surface area contributed by atoms with E-state index in [1.165, 1.54) is 6.07 Å². The number of rotatable bonds is 1. The van der Waals surface area contributed by atoms with Crippen LogP contribution < -0.4 is 5.32 Å². The van der Waals surface area contributed by atoms with Gasteiger partial charge in [0.2, 0.25) is 5.91 Å². The summed E-state index contributed by atoms with van der Waals surface area (Å²) in [6.07, 6.45) is 0. The summed E-state index contributed by atoms with van der Waals surface area (Å²) < 4.78 is 14.0. The highest BCUT2D eigenvalue weighted by atomic mass is 35.5. The van der Waals surface area contributed by atoms with Crippen molar-refractivity contribution in [1.82, 2.24) is 0 Å². The first-order chi connectivity index (χ1) is 9.65. The van der Waals surface area contributed by atoms with E-state index in [0.29, 0.717) is 27.5 Å². The maximum Gasteiger partial charge on any atom is 0.246 e. The van der Waals surface area contributed by atoms with Crippen LogP contribution in [0.2, 0.25) is 5.02 Å². The molecule has 3 rings (SSSR count). The molecule has 5 heteroatoms. The van der Waals surface area contributed by atoms with Gasteiger partial charge in [0, 0.05) is 16.1 Å². The Bertz CT molecular complexity index is 728.